The fraction of sp³-hybridized carbons (Fsp3) is 0.364. The first kappa shape index (κ1) is 20.3. The van der Waals surface area contributed by atoms with Crippen LogP contribution in [0.1, 0.15) is 24.0 Å². The average Bonchev–Trinajstić information content (AvgIpc) is 2.72. The minimum absolute atomic E-state index is 0.110. The molecule has 1 aliphatic heterocycles. The van der Waals surface area contributed by atoms with E-state index in [1.807, 2.05) is 67.3 Å². The molecule has 0 atom stereocenters. The van der Waals surface area contributed by atoms with Gasteiger partial charge in [0, 0.05) is 19.0 Å². The van der Waals surface area contributed by atoms with Crippen LogP contribution in [0.5, 0.6) is 0 Å². The van der Waals surface area contributed by atoms with Crippen LogP contribution in [0.4, 0.5) is 0 Å². The molecule has 0 aliphatic carbocycles. The molecule has 28 heavy (non-hydrogen) atoms. The van der Waals surface area contributed by atoms with Gasteiger partial charge < -0.3 is 14.0 Å². The smallest absolute Gasteiger partial charge is 0.323 e. The first-order chi connectivity index (χ1) is 13.4. The van der Waals surface area contributed by atoms with E-state index in [1.165, 1.54) is 0 Å². The van der Waals surface area contributed by atoms with Gasteiger partial charge in [0.25, 0.3) is 0 Å². The van der Waals surface area contributed by atoms with E-state index in [2.05, 4.69) is 0 Å². The average molecular weight is 401 g/mol. The molecule has 5 nitrogen and oxygen atoms in total. The summed E-state index contributed by atoms with van der Waals surface area (Å²) < 4.78 is 21.4. The molecule has 0 saturated carbocycles. The highest BCUT2D eigenvalue weighted by Crippen LogP contribution is 2.52. The molecule has 0 spiro atoms. The van der Waals surface area contributed by atoms with Gasteiger partial charge >= 0.3 is 11.9 Å². The van der Waals surface area contributed by atoms with Crippen LogP contribution in [-0.4, -0.2) is 35.5 Å². The summed E-state index contributed by atoms with van der Waals surface area (Å²) in [4.78, 5) is 25.9. The molecular formula is C22H26O5P+. The molecule has 1 heterocycles. The van der Waals surface area contributed by atoms with Crippen molar-refractivity contribution in [1.29, 1.82) is 0 Å². The molecule has 0 amide bonds. The lowest BCUT2D eigenvalue weighted by molar-refractivity contribution is -0.175. The Morgan fingerprint density at radius 1 is 0.857 bits per heavy atom. The Morgan fingerprint density at radius 3 is 1.64 bits per heavy atom. The Labute approximate surface area is 165 Å². The highest BCUT2D eigenvalue weighted by Gasteiger charge is 2.54. The molecule has 1 fully saturated rings. The van der Waals surface area contributed by atoms with Gasteiger partial charge in [-0.15, -0.1) is 0 Å². The Balaban J connectivity index is 1.72. The number of esters is 2. The van der Waals surface area contributed by atoms with Crippen LogP contribution in [-0.2, 0) is 32.3 Å². The number of hydrogen-bond donors (Lipinski definition) is 0. The van der Waals surface area contributed by atoms with Crippen molar-refractivity contribution in [3.05, 3.63) is 71.8 Å². The molecule has 0 unspecified atom stereocenters. The van der Waals surface area contributed by atoms with Crippen LogP contribution < -0.4 is 0 Å². The first-order valence-corrected chi connectivity index (χ1v) is 12.0. The number of hydrogen-bond acceptors (Lipinski definition) is 4. The third-order valence-corrected chi connectivity index (χ3v) is 7.62. The van der Waals surface area contributed by atoms with Crippen molar-refractivity contribution < 1.29 is 23.6 Å². The van der Waals surface area contributed by atoms with Gasteiger partial charge in [-0.3, -0.25) is 9.59 Å². The maximum Gasteiger partial charge on any atom is 0.323 e. The second-order valence-electron chi connectivity index (χ2n) is 7.49. The number of benzene rings is 2. The van der Waals surface area contributed by atoms with Crippen molar-refractivity contribution in [2.45, 2.75) is 26.1 Å². The van der Waals surface area contributed by atoms with Gasteiger partial charge in [-0.05, 0) is 24.0 Å². The summed E-state index contributed by atoms with van der Waals surface area (Å²) >= 11 is 0. The predicted octanol–water partition coefficient (Wildman–Crippen LogP) is 4.19. The van der Waals surface area contributed by atoms with Gasteiger partial charge in [0.05, 0.1) is 0 Å². The highest BCUT2D eigenvalue weighted by atomic mass is 31.2. The second-order valence-corrected chi connectivity index (χ2v) is 11.1. The molecule has 3 rings (SSSR count). The normalized spacial score (nSPS) is 17.5. The van der Waals surface area contributed by atoms with Gasteiger partial charge in [0.15, 0.2) is 5.41 Å². The van der Waals surface area contributed by atoms with Crippen LogP contribution in [0, 0.1) is 5.41 Å². The van der Waals surface area contributed by atoms with E-state index >= 15 is 0 Å². The fourth-order valence-electron chi connectivity index (χ4n) is 3.31. The van der Waals surface area contributed by atoms with Crippen LogP contribution in [0.25, 0.3) is 0 Å². The number of carbonyl (C=O) groups is 2. The number of rotatable bonds is 6. The van der Waals surface area contributed by atoms with Crippen molar-refractivity contribution in [1.82, 2.24) is 0 Å². The van der Waals surface area contributed by atoms with Crippen LogP contribution in [0.2, 0.25) is 0 Å². The predicted molar refractivity (Wildman–Crippen MR) is 109 cm³/mol. The molecular weight excluding hydrogens is 375 g/mol. The van der Waals surface area contributed by atoms with Crippen LogP contribution in [0.15, 0.2) is 60.7 Å². The molecule has 6 heteroatoms. The van der Waals surface area contributed by atoms with E-state index in [9.17, 15) is 14.2 Å². The topological polar surface area (TPSA) is 74.0 Å². The molecule has 2 aromatic rings. The summed E-state index contributed by atoms with van der Waals surface area (Å²) in [5.41, 5.74) is 0.379. The van der Waals surface area contributed by atoms with E-state index in [0.717, 1.165) is 11.1 Å². The third kappa shape index (κ3) is 4.90. The zero-order valence-corrected chi connectivity index (χ0v) is 16.9. The molecule has 1 saturated heterocycles. The lowest BCUT2D eigenvalue weighted by atomic mass is 9.82. The molecule has 0 aromatic heterocycles. The van der Waals surface area contributed by atoms with Crippen LogP contribution in [0.3, 0.4) is 0 Å². The SMILES string of the molecule is CP1(=[OH+])CCC(C(=O)OCc2ccccc2)(C(=O)OCc2ccccc2)CC1. The Kier molecular flexibility index (Phi) is 6.35. The van der Waals surface area contributed by atoms with Crippen LogP contribution >= 0.6 is 7.14 Å². The van der Waals surface area contributed by atoms with Gasteiger partial charge in [-0.2, -0.15) is 0 Å². The van der Waals surface area contributed by atoms with Gasteiger partial charge in [-0.1, -0.05) is 60.7 Å². The number of ether oxygens (including phenoxy) is 2. The summed E-state index contributed by atoms with van der Waals surface area (Å²) in [5, 5.41) is 0. The summed E-state index contributed by atoms with van der Waals surface area (Å²) in [6, 6.07) is 18.7. The summed E-state index contributed by atoms with van der Waals surface area (Å²) in [6.45, 7) is 2.05. The second kappa shape index (κ2) is 8.74. The summed E-state index contributed by atoms with van der Waals surface area (Å²) in [6.07, 6.45) is 1.42. The van der Waals surface area contributed by atoms with E-state index < -0.39 is 24.5 Å². The van der Waals surface area contributed by atoms with Crippen molar-refractivity contribution in [2.75, 3.05) is 19.0 Å². The van der Waals surface area contributed by atoms with E-state index in [-0.39, 0.29) is 26.1 Å². The fourth-order valence-corrected chi connectivity index (χ4v) is 5.26. The summed E-state index contributed by atoms with van der Waals surface area (Å²) in [5.74, 6) is -1.12. The van der Waals surface area contributed by atoms with Gasteiger partial charge in [0.1, 0.15) is 13.2 Å². The van der Waals surface area contributed by atoms with E-state index in [1.54, 1.807) is 0 Å². The molecule has 148 valence electrons. The Bertz CT molecular complexity index is 794. The monoisotopic (exact) mass is 401 g/mol. The lowest BCUT2D eigenvalue weighted by Crippen LogP contribution is -2.45. The lowest BCUT2D eigenvalue weighted by Gasteiger charge is -2.33. The van der Waals surface area contributed by atoms with Gasteiger partial charge in [0.2, 0.25) is 7.14 Å². The zero-order valence-electron chi connectivity index (χ0n) is 16.0. The van der Waals surface area contributed by atoms with Crippen molar-refractivity contribution in [3.63, 3.8) is 0 Å². The molecule has 1 aliphatic rings. The Hall–Kier alpha value is -2.39. The largest absolute Gasteiger partial charge is 0.460 e. The highest BCUT2D eigenvalue weighted by molar-refractivity contribution is 7.63. The Morgan fingerprint density at radius 2 is 1.25 bits per heavy atom. The molecule has 2 aromatic carbocycles. The van der Waals surface area contributed by atoms with E-state index in [4.69, 9.17) is 9.47 Å². The standard InChI is InChI=1S/C22H25O5P/c1-28(25)14-12-22(13-15-28,20(23)26-16-18-8-4-2-5-9-18)21(24)27-17-19-10-6-3-7-11-19/h2-11H,12-17H2,1H3/p+1. The zero-order chi connectivity index (χ0) is 20.0. The van der Waals surface area contributed by atoms with Gasteiger partial charge in [-0.25, -0.2) is 0 Å². The summed E-state index contributed by atoms with van der Waals surface area (Å²) in [7, 11) is -2.07. The van der Waals surface area contributed by atoms with Crippen molar-refractivity contribution in [3.8, 4) is 0 Å². The molecule has 1 N–H and O–H groups in total. The third-order valence-electron chi connectivity index (χ3n) is 5.25. The molecule has 0 bridgehead atoms. The number of carbonyl (C=O) groups excluding carboxylic acids is 2. The maximum atomic E-state index is 13.0. The van der Waals surface area contributed by atoms with Crippen molar-refractivity contribution in [2.24, 2.45) is 5.41 Å². The first-order valence-electron chi connectivity index (χ1n) is 9.41. The van der Waals surface area contributed by atoms with E-state index in [0.29, 0.717) is 12.3 Å². The maximum absolute atomic E-state index is 13.0. The minimum atomic E-state index is -2.07. The quantitative estimate of drug-likeness (QED) is 0.315. The minimum Gasteiger partial charge on any atom is -0.460 e. The van der Waals surface area contributed by atoms with Crippen molar-refractivity contribution >= 4 is 19.1 Å². The molecule has 0 radical (unpaired) electrons.